The van der Waals surface area contributed by atoms with Gasteiger partial charge in [-0.1, -0.05) is 12.1 Å². The minimum Gasteiger partial charge on any atom is -0.380 e. The van der Waals surface area contributed by atoms with Gasteiger partial charge < -0.3 is 15.0 Å². The first kappa shape index (κ1) is 25.0. The molecule has 12 heteroatoms. The second-order valence-corrected chi connectivity index (χ2v) is 8.91. The number of fused-ring (bicyclic) bond motifs is 1. The maximum absolute atomic E-state index is 13.3. The lowest BCUT2D eigenvalue weighted by Gasteiger charge is -2.44. The van der Waals surface area contributed by atoms with Gasteiger partial charge in [-0.15, -0.1) is 0 Å². The van der Waals surface area contributed by atoms with Crippen LogP contribution >= 0.6 is 0 Å². The molecule has 2 aromatic heterocycles. The topological polar surface area (TPSA) is 80.0 Å². The van der Waals surface area contributed by atoms with Crippen molar-refractivity contribution in [1.82, 2.24) is 14.5 Å². The summed E-state index contributed by atoms with van der Waals surface area (Å²) in [5.74, 6) is 0.510. The zero-order valence-corrected chi connectivity index (χ0v) is 18.9. The molecule has 0 spiro atoms. The second kappa shape index (κ2) is 8.21. The summed E-state index contributed by atoms with van der Waals surface area (Å²) in [5, 5.41) is 13.1. The molecule has 1 saturated carbocycles. The smallest absolute Gasteiger partial charge is 0.380 e. The summed E-state index contributed by atoms with van der Waals surface area (Å²) in [7, 11) is 0. The van der Waals surface area contributed by atoms with Gasteiger partial charge in [0.25, 0.3) is 5.56 Å². The number of rotatable bonds is 4. The molecule has 0 bridgehead atoms. The molecule has 3 aromatic rings. The lowest BCUT2D eigenvalue weighted by atomic mass is 9.75. The first-order valence-corrected chi connectivity index (χ1v) is 10.7. The zero-order chi connectivity index (χ0) is 25.9. The standard InChI is InChI=1S/C23H22F6N4O2/c1-11-15(5-4-6-17(11)22(24,25)26)12(2)30-20-16-10-33(14-8-21(35,9-14)23(27,28)29)19(34)7-18(16)31-13(3)32-20/h4-7,10,12,14,35H,8-9H2,1-3H3,(H,30,31,32). The van der Waals surface area contributed by atoms with Gasteiger partial charge in [0.15, 0.2) is 5.60 Å². The highest BCUT2D eigenvalue weighted by Crippen LogP contribution is 2.50. The van der Waals surface area contributed by atoms with Gasteiger partial charge in [-0.2, -0.15) is 26.3 Å². The minimum absolute atomic E-state index is 0.0490. The van der Waals surface area contributed by atoms with Crippen LogP contribution in [-0.4, -0.2) is 31.4 Å². The maximum Gasteiger partial charge on any atom is 0.417 e. The van der Waals surface area contributed by atoms with Crippen molar-refractivity contribution in [2.24, 2.45) is 0 Å². The largest absolute Gasteiger partial charge is 0.417 e. The van der Waals surface area contributed by atoms with Crippen molar-refractivity contribution >= 4 is 16.7 Å². The van der Waals surface area contributed by atoms with Crippen LogP contribution in [0.3, 0.4) is 0 Å². The summed E-state index contributed by atoms with van der Waals surface area (Å²) in [6.45, 7) is 4.60. The van der Waals surface area contributed by atoms with Gasteiger partial charge in [0.1, 0.15) is 11.6 Å². The van der Waals surface area contributed by atoms with Crippen molar-refractivity contribution in [3.63, 3.8) is 0 Å². The fourth-order valence-electron chi connectivity index (χ4n) is 4.49. The number of alkyl halides is 6. The van der Waals surface area contributed by atoms with E-state index in [-0.39, 0.29) is 16.9 Å². The number of hydrogen-bond acceptors (Lipinski definition) is 5. The Morgan fingerprint density at radius 3 is 2.40 bits per heavy atom. The number of aliphatic hydroxyl groups is 1. The quantitative estimate of drug-likeness (QED) is 0.480. The van der Waals surface area contributed by atoms with E-state index in [9.17, 15) is 36.2 Å². The number of anilines is 1. The Balaban J connectivity index is 1.71. The number of aryl methyl sites for hydroxylation is 1. The van der Waals surface area contributed by atoms with E-state index in [1.54, 1.807) is 19.9 Å². The fourth-order valence-corrected chi connectivity index (χ4v) is 4.49. The average molecular weight is 500 g/mol. The Morgan fingerprint density at radius 1 is 1.14 bits per heavy atom. The van der Waals surface area contributed by atoms with E-state index in [1.165, 1.54) is 25.3 Å². The number of nitrogens with one attached hydrogen (secondary N) is 1. The maximum atomic E-state index is 13.3. The second-order valence-electron chi connectivity index (χ2n) is 8.91. The van der Waals surface area contributed by atoms with Crippen molar-refractivity contribution in [3.8, 4) is 0 Å². The summed E-state index contributed by atoms with van der Waals surface area (Å²) >= 11 is 0. The van der Waals surface area contributed by atoms with Crippen LogP contribution in [0.15, 0.2) is 35.3 Å². The lowest BCUT2D eigenvalue weighted by molar-refractivity contribution is -0.296. The molecule has 1 fully saturated rings. The van der Waals surface area contributed by atoms with E-state index < -0.39 is 54.0 Å². The van der Waals surface area contributed by atoms with Crippen molar-refractivity contribution in [2.45, 2.75) is 63.7 Å². The molecule has 4 rings (SSSR count). The van der Waals surface area contributed by atoms with Gasteiger partial charge >= 0.3 is 12.4 Å². The van der Waals surface area contributed by atoms with Crippen LogP contribution in [0.4, 0.5) is 32.2 Å². The Bertz CT molecular complexity index is 1340. The van der Waals surface area contributed by atoms with E-state index in [0.29, 0.717) is 16.8 Å². The molecule has 1 unspecified atom stereocenters. The first-order valence-electron chi connectivity index (χ1n) is 10.7. The molecule has 0 amide bonds. The molecule has 6 nitrogen and oxygen atoms in total. The molecule has 0 radical (unpaired) electrons. The molecule has 1 aromatic carbocycles. The SMILES string of the molecule is Cc1nc(NC(C)c2cccc(C(F)(F)F)c2C)c2cn(C3CC(O)(C(F)(F)F)C3)c(=O)cc2n1. The number of hydrogen-bond donors (Lipinski definition) is 2. The van der Waals surface area contributed by atoms with Crippen LogP contribution < -0.4 is 10.9 Å². The van der Waals surface area contributed by atoms with Crippen LogP contribution in [0.1, 0.15) is 54.4 Å². The van der Waals surface area contributed by atoms with Crippen LogP contribution in [0.2, 0.25) is 0 Å². The molecule has 35 heavy (non-hydrogen) atoms. The predicted octanol–water partition coefficient (Wildman–Crippen LogP) is 5.23. The Morgan fingerprint density at radius 2 is 1.80 bits per heavy atom. The third kappa shape index (κ3) is 4.46. The molecule has 0 saturated heterocycles. The molecular weight excluding hydrogens is 478 g/mol. The van der Waals surface area contributed by atoms with Gasteiger partial charge in [-0.3, -0.25) is 4.79 Å². The number of aromatic nitrogens is 3. The molecule has 2 heterocycles. The normalized spacial score (nSPS) is 21.6. The monoisotopic (exact) mass is 500 g/mol. The fraction of sp³-hybridized carbons (Fsp3) is 0.435. The van der Waals surface area contributed by atoms with Crippen LogP contribution in [0.25, 0.3) is 10.9 Å². The Hall–Kier alpha value is -3.15. The van der Waals surface area contributed by atoms with Crippen molar-refractivity contribution in [1.29, 1.82) is 0 Å². The lowest BCUT2D eigenvalue weighted by Crippen LogP contribution is -2.56. The summed E-state index contributed by atoms with van der Waals surface area (Å²) in [6, 6.07) is 3.52. The van der Waals surface area contributed by atoms with Gasteiger partial charge in [0.2, 0.25) is 0 Å². The first-order chi connectivity index (χ1) is 16.1. The van der Waals surface area contributed by atoms with Gasteiger partial charge in [-0.25, -0.2) is 9.97 Å². The number of benzene rings is 1. The summed E-state index contributed by atoms with van der Waals surface area (Å²) in [4.78, 5) is 21.1. The van der Waals surface area contributed by atoms with Gasteiger partial charge in [-0.05, 0) is 38.0 Å². The molecular formula is C23H22F6N4O2. The molecule has 0 aliphatic heterocycles. The Kier molecular flexibility index (Phi) is 5.86. The van der Waals surface area contributed by atoms with Crippen molar-refractivity contribution in [2.75, 3.05) is 5.32 Å². The van der Waals surface area contributed by atoms with E-state index in [4.69, 9.17) is 0 Å². The van der Waals surface area contributed by atoms with Crippen LogP contribution in [0.5, 0.6) is 0 Å². The highest BCUT2D eigenvalue weighted by molar-refractivity contribution is 5.88. The molecule has 1 atom stereocenters. The highest BCUT2D eigenvalue weighted by atomic mass is 19.4. The molecule has 2 N–H and O–H groups in total. The summed E-state index contributed by atoms with van der Waals surface area (Å²) in [5.41, 5.74) is -3.54. The predicted molar refractivity (Wildman–Crippen MR) is 116 cm³/mol. The van der Waals surface area contributed by atoms with Crippen molar-refractivity contribution < 1.29 is 31.4 Å². The summed E-state index contributed by atoms with van der Waals surface area (Å²) in [6.07, 6.45) is -9.34. The van der Waals surface area contributed by atoms with E-state index in [1.807, 2.05) is 0 Å². The van der Waals surface area contributed by atoms with E-state index in [2.05, 4.69) is 15.3 Å². The van der Waals surface area contributed by atoms with Crippen molar-refractivity contribution in [3.05, 3.63) is 63.3 Å². The number of pyridine rings is 1. The minimum atomic E-state index is -4.81. The van der Waals surface area contributed by atoms with Crippen LogP contribution in [0, 0.1) is 13.8 Å². The van der Waals surface area contributed by atoms with E-state index in [0.717, 1.165) is 10.6 Å². The van der Waals surface area contributed by atoms with Gasteiger partial charge in [0.05, 0.1) is 22.5 Å². The Labute approximate surface area is 195 Å². The highest BCUT2D eigenvalue weighted by Gasteiger charge is 2.61. The van der Waals surface area contributed by atoms with Gasteiger partial charge in [0, 0.05) is 31.1 Å². The molecule has 1 aliphatic carbocycles. The summed E-state index contributed by atoms with van der Waals surface area (Å²) < 4.78 is 80.2. The van der Waals surface area contributed by atoms with E-state index >= 15 is 0 Å². The number of nitrogens with zero attached hydrogens (tertiary/aromatic N) is 3. The molecule has 1 aliphatic rings. The third-order valence-corrected chi connectivity index (χ3v) is 6.44. The average Bonchev–Trinajstić information content (AvgIpc) is 2.69. The van der Waals surface area contributed by atoms with Crippen LogP contribution in [-0.2, 0) is 6.18 Å². The number of halogens is 6. The zero-order valence-electron chi connectivity index (χ0n) is 18.9. The third-order valence-electron chi connectivity index (χ3n) is 6.44. The molecule has 188 valence electrons.